The van der Waals surface area contributed by atoms with Crippen molar-refractivity contribution < 1.29 is 32.3 Å². The van der Waals surface area contributed by atoms with Crippen molar-refractivity contribution in [3.63, 3.8) is 0 Å². The first kappa shape index (κ1) is 20.7. The lowest BCUT2D eigenvalue weighted by Crippen LogP contribution is -2.32. The molecule has 3 aromatic rings. The van der Waals surface area contributed by atoms with Gasteiger partial charge < -0.3 is 24.3 Å². The zero-order valence-corrected chi connectivity index (χ0v) is 15.9. The van der Waals surface area contributed by atoms with E-state index in [1.807, 2.05) is 0 Å². The van der Waals surface area contributed by atoms with Crippen LogP contribution in [0.1, 0.15) is 5.56 Å². The molecule has 4 rings (SSSR count). The number of rotatable bonds is 6. The highest BCUT2D eigenvalue weighted by molar-refractivity contribution is 5.73. The Morgan fingerprint density at radius 3 is 2.61 bits per heavy atom. The highest BCUT2D eigenvalue weighted by Crippen LogP contribution is 2.36. The Bertz CT molecular complexity index is 1100. The van der Waals surface area contributed by atoms with Gasteiger partial charge in [-0.15, -0.1) is 13.2 Å². The van der Waals surface area contributed by atoms with Gasteiger partial charge in [0.25, 0.3) is 0 Å². The van der Waals surface area contributed by atoms with E-state index < -0.39 is 17.4 Å². The molecule has 0 unspecified atom stereocenters. The van der Waals surface area contributed by atoms with Crippen LogP contribution in [0, 0.1) is 10.1 Å². The summed E-state index contributed by atoms with van der Waals surface area (Å²) >= 11 is 0. The smallest absolute Gasteiger partial charge is 0.443 e. The van der Waals surface area contributed by atoms with Crippen molar-refractivity contribution in [2.45, 2.75) is 25.6 Å². The molecule has 0 amide bonds. The van der Waals surface area contributed by atoms with E-state index >= 15 is 0 Å². The fraction of sp³-hybridized carbons (Fsp3) is 0.250. The Morgan fingerprint density at radius 2 is 1.87 bits per heavy atom. The summed E-state index contributed by atoms with van der Waals surface area (Å²) in [6.45, 7) is 0.535. The van der Waals surface area contributed by atoms with Crippen LogP contribution in [-0.2, 0) is 17.9 Å². The average Bonchev–Trinajstić information content (AvgIpc) is 3.16. The molecule has 0 radical (unpaired) electrons. The van der Waals surface area contributed by atoms with Crippen molar-refractivity contribution in [2.24, 2.45) is 0 Å². The number of imidazole rings is 1. The molecular formula is C20H16F3N3O5. The zero-order chi connectivity index (χ0) is 22.0. The van der Waals surface area contributed by atoms with Crippen molar-refractivity contribution in [2.75, 3.05) is 6.61 Å². The van der Waals surface area contributed by atoms with E-state index in [1.54, 1.807) is 36.4 Å². The fourth-order valence-electron chi connectivity index (χ4n) is 3.28. The van der Waals surface area contributed by atoms with Crippen LogP contribution in [-0.4, -0.2) is 33.5 Å². The van der Waals surface area contributed by atoms with Crippen LogP contribution in [0.25, 0.3) is 11.1 Å². The summed E-state index contributed by atoms with van der Waals surface area (Å²) in [6, 6.07) is 12.9. The molecule has 0 fully saturated rings. The number of hydrogen-bond donors (Lipinski definition) is 0. The first-order chi connectivity index (χ1) is 14.8. The molecule has 1 aromatic heterocycles. The normalized spacial score (nSPS) is 15.8. The van der Waals surface area contributed by atoms with Crippen molar-refractivity contribution >= 4 is 5.82 Å². The average molecular weight is 435 g/mol. The topological polar surface area (TPSA) is 88.7 Å². The molecule has 0 spiro atoms. The van der Waals surface area contributed by atoms with Crippen molar-refractivity contribution in [1.29, 1.82) is 0 Å². The van der Waals surface area contributed by atoms with Crippen LogP contribution in [0.5, 0.6) is 11.8 Å². The summed E-state index contributed by atoms with van der Waals surface area (Å²) < 4.78 is 55.3. The van der Waals surface area contributed by atoms with Gasteiger partial charge >= 0.3 is 18.2 Å². The van der Waals surface area contributed by atoms with Gasteiger partial charge in [-0.05, 0) is 22.1 Å². The van der Waals surface area contributed by atoms with Gasteiger partial charge in [-0.1, -0.05) is 42.5 Å². The van der Waals surface area contributed by atoms with E-state index in [4.69, 9.17) is 9.47 Å². The lowest BCUT2D eigenvalue weighted by atomic mass is 9.99. The monoisotopic (exact) mass is 435 g/mol. The van der Waals surface area contributed by atoms with E-state index in [0.29, 0.717) is 17.7 Å². The maximum Gasteiger partial charge on any atom is 0.573 e. The molecule has 31 heavy (non-hydrogen) atoms. The Kier molecular flexibility index (Phi) is 5.51. The van der Waals surface area contributed by atoms with Gasteiger partial charge in [0.2, 0.25) is 0 Å². The Balaban J connectivity index is 1.51. The van der Waals surface area contributed by atoms with Gasteiger partial charge in [-0.2, -0.15) is 0 Å². The Hall–Kier alpha value is -3.60. The second-order valence-electron chi connectivity index (χ2n) is 6.74. The third kappa shape index (κ3) is 4.77. The largest absolute Gasteiger partial charge is 0.573 e. The SMILES string of the molecule is O=[N+]([O-])c1cn2c(n1)OC[C@@H](OCc1ccccc1-c1ccccc1OC(F)(F)F)C2. The predicted molar refractivity (Wildman–Crippen MR) is 102 cm³/mol. The maximum atomic E-state index is 12.8. The van der Waals surface area contributed by atoms with Crippen LogP contribution in [0.4, 0.5) is 19.0 Å². The number of alkyl halides is 3. The van der Waals surface area contributed by atoms with E-state index in [-0.39, 0.29) is 36.4 Å². The molecule has 0 N–H and O–H groups in total. The van der Waals surface area contributed by atoms with Crippen LogP contribution in [0.2, 0.25) is 0 Å². The first-order valence-corrected chi connectivity index (χ1v) is 9.19. The molecule has 0 aliphatic carbocycles. The second kappa shape index (κ2) is 8.26. The number of fused-ring (bicyclic) bond motifs is 1. The molecule has 2 heterocycles. The molecule has 8 nitrogen and oxygen atoms in total. The second-order valence-corrected chi connectivity index (χ2v) is 6.74. The number of benzene rings is 2. The molecule has 1 aliphatic rings. The summed E-state index contributed by atoms with van der Waals surface area (Å²) in [4.78, 5) is 14.0. The number of aromatic nitrogens is 2. The number of hydrogen-bond acceptors (Lipinski definition) is 6. The van der Waals surface area contributed by atoms with E-state index in [9.17, 15) is 23.3 Å². The van der Waals surface area contributed by atoms with Crippen LogP contribution in [0.15, 0.2) is 54.7 Å². The quantitative estimate of drug-likeness (QED) is 0.423. The van der Waals surface area contributed by atoms with Crippen LogP contribution < -0.4 is 9.47 Å². The number of halogens is 3. The minimum atomic E-state index is -4.81. The van der Waals surface area contributed by atoms with Crippen molar-refractivity contribution in [1.82, 2.24) is 9.55 Å². The highest BCUT2D eigenvalue weighted by Gasteiger charge is 2.32. The van der Waals surface area contributed by atoms with Gasteiger partial charge in [0, 0.05) is 10.5 Å². The number of nitrogens with zero attached hydrogens (tertiary/aromatic N) is 3. The van der Waals surface area contributed by atoms with E-state index in [1.165, 1.54) is 22.9 Å². The van der Waals surface area contributed by atoms with Crippen LogP contribution >= 0.6 is 0 Å². The summed E-state index contributed by atoms with van der Waals surface area (Å²) in [5.41, 5.74) is 1.48. The third-order valence-corrected chi connectivity index (χ3v) is 4.61. The number of para-hydroxylation sites is 1. The molecule has 0 bridgehead atoms. The molecule has 0 saturated heterocycles. The Labute approximate surface area is 173 Å². The minimum Gasteiger partial charge on any atom is -0.443 e. The molecule has 1 aliphatic heterocycles. The lowest BCUT2D eigenvalue weighted by molar-refractivity contribution is -0.389. The zero-order valence-electron chi connectivity index (χ0n) is 15.9. The summed E-state index contributed by atoms with van der Waals surface area (Å²) in [6.07, 6.45) is -3.97. The van der Waals surface area contributed by atoms with Crippen molar-refractivity contribution in [3.8, 4) is 22.9 Å². The standard InChI is InChI=1S/C20H16F3N3O5/c21-20(22,23)31-17-8-4-3-7-16(17)15-6-2-1-5-13(15)11-29-14-9-25-10-18(26(27)28)24-19(25)30-12-14/h1-8,10,14H,9,11-12H2/t14-/m0/s1. The highest BCUT2D eigenvalue weighted by atomic mass is 19.4. The molecule has 1 atom stereocenters. The Morgan fingerprint density at radius 1 is 1.16 bits per heavy atom. The fourth-order valence-corrected chi connectivity index (χ4v) is 3.28. The molecule has 2 aromatic carbocycles. The molecule has 0 saturated carbocycles. The summed E-state index contributed by atoms with van der Waals surface area (Å²) in [5, 5.41) is 10.9. The number of ether oxygens (including phenoxy) is 3. The van der Waals surface area contributed by atoms with E-state index in [0.717, 1.165) is 0 Å². The summed E-state index contributed by atoms with van der Waals surface area (Å²) in [5.74, 6) is -0.624. The third-order valence-electron chi connectivity index (χ3n) is 4.61. The molecular weight excluding hydrogens is 419 g/mol. The van der Waals surface area contributed by atoms with Gasteiger partial charge in [-0.25, -0.2) is 0 Å². The molecule has 162 valence electrons. The van der Waals surface area contributed by atoms with Gasteiger partial charge in [0.1, 0.15) is 24.7 Å². The van der Waals surface area contributed by atoms with Gasteiger partial charge in [0.15, 0.2) is 0 Å². The van der Waals surface area contributed by atoms with Crippen molar-refractivity contribution in [3.05, 3.63) is 70.4 Å². The predicted octanol–water partition coefficient (Wildman–Crippen LogP) is 4.33. The summed E-state index contributed by atoms with van der Waals surface area (Å²) in [7, 11) is 0. The first-order valence-electron chi connectivity index (χ1n) is 9.19. The van der Waals surface area contributed by atoms with E-state index in [2.05, 4.69) is 9.72 Å². The van der Waals surface area contributed by atoms with Gasteiger partial charge in [0.05, 0.1) is 13.2 Å². The molecule has 11 heteroatoms. The van der Waals surface area contributed by atoms with Gasteiger partial charge in [-0.3, -0.25) is 4.57 Å². The van der Waals surface area contributed by atoms with Crippen LogP contribution in [0.3, 0.4) is 0 Å². The number of nitro groups is 1. The maximum absolute atomic E-state index is 12.8. The lowest BCUT2D eigenvalue weighted by Gasteiger charge is -2.23. The minimum absolute atomic E-state index is 0.0939.